The lowest BCUT2D eigenvalue weighted by atomic mass is 9.88. The lowest BCUT2D eigenvalue weighted by molar-refractivity contribution is 0.0134. The normalized spacial score (nSPS) is 47.2. The molecule has 1 N–H and O–H groups in total. The molecular weight excluding hydrogens is 236 g/mol. The van der Waals surface area contributed by atoms with Crippen molar-refractivity contribution in [3.63, 3.8) is 0 Å². The lowest BCUT2D eigenvalue weighted by Crippen LogP contribution is -2.63. The Morgan fingerprint density at radius 2 is 2.00 bits per heavy atom. The average molecular weight is 264 g/mol. The standard InChI is InChI=1S/C16H28N2O/c1-10(2)15-8-17-13(11-3-4-11)9-18(15)14-7-12-5-6-16(14)19-12/h10-17H,3-9H2,1-2H3. The zero-order valence-corrected chi connectivity index (χ0v) is 12.3. The van der Waals surface area contributed by atoms with Crippen molar-refractivity contribution in [2.24, 2.45) is 11.8 Å². The van der Waals surface area contributed by atoms with Gasteiger partial charge in [-0.2, -0.15) is 0 Å². The van der Waals surface area contributed by atoms with Crippen LogP contribution in [0.1, 0.15) is 46.0 Å². The van der Waals surface area contributed by atoms with Gasteiger partial charge in [-0.3, -0.25) is 4.90 Å². The third-order valence-corrected chi connectivity index (χ3v) is 5.88. The van der Waals surface area contributed by atoms with Gasteiger partial charge in [-0.25, -0.2) is 0 Å². The number of hydrogen-bond acceptors (Lipinski definition) is 3. The van der Waals surface area contributed by atoms with Gasteiger partial charge in [0.25, 0.3) is 0 Å². The third-order valence-electron chi connectivity index (χ3n) is 5.88. The van der Waals surface area contributed by atoms with Crippen LogP contribution in [0.5, 0.6) is 0 Å². The van der Waals surface area contributed by atoms with Crippen molar-refractivity contribution in [1.82, 2.24) is 10.2 Å². The smallest absolute Gasteiger partial charge is 0.0736 e. The molecule has 4 rings (SSSR count). The van der Waals surface area contributed by atoms with Gasteiger partial charge in [0, 0.05) is 31.2 Å². The first kappa shape index (κ1) is 12.6. The largest absolute Gasteiger partial charge is 0.373 e. The molecule has 4 aliphatic rings. The minimum atomic E-state index is 0.546. The van der Waals surface area contributed by atoms with Gasteiger partial charge in [0.15, 0.2) is 0 Å². The van der Waals surface area contributed by atoms with Crippen LogP contribution in [0, 0.1) is 11.8 Å². The predicted octanol–water partition coefficient (Wildman–Crippen LogP) is 2.01. The Kier molecular flexibility index (Phi) is 3.13. The van der Waals surface area contributed by atoms with Gasteiger partial charge in [-0.1, -0.05) is 13.8 Å². The van der Waals surface area contributed by atoms with Crippen LogP contribution in [0.3, 0.4) is 0 Å². The third kappa shape index (κ3) is 2.24. The molecule has 3 heterocycles. The zero-order chi connectivity index (χ0) is 13.0. The minimum Gasteiger partial charge on any atom is -0.373 e. The molecule has 0 aromatic carbocycles. The summed E-state index contributed by atoms with van der Waals surface area (Å²) in [6, 6.07) is 2.19. The van der Waals surface area contributed by atoms with Crippen molar-refractivity contribution in [2.45, 2.75) is 76.3 Å². The van der Waals surface area contributed by atoms with E-state index in [0.717, 1.165) is 23.9 Å². The Bertz CT molecular complexity index is 342. The Balaban J connectivity index is 1.50. The Hall–Kier alpha value is -0.120. The molecule has 3 nitrogen and oxygen atoms in total. The van der Waals surface area contributed by atoms with Crippen molar-refractivity contribution in [3.8, 4) is 0 Å². The van der Waals surface area contributed by atoms with Crippen LogP contribution in [0.4, 0.5) is 0 Å². The molecule has 3 saturated heterocycles. The van der Waals surface area contributed by atoms with Crippen LogP contribution in [-0.2, 0) is 4.74 Å². The molecule has 0 radical (unpaired) electrons. The van der Waals surface area contributed by atoms with Crippen LogP contribution >= 0.6 is 0 Å². The van der Waals surface area contributed by atoms with E-state index in [1.54, 1.807) is 0 Å². The van der Waals surface area contributed by atoms with E-state index in [2.05, 4.69) is 24.1 Å². The summed E-state index contributed by atoms with van der Waals surface area (Å²) in [6.07, 6.45) is 7.94. The second-order valence-electron chi connectivity index (χ2n) is 7.54. The van der Waals surface area contributed by atoms with E-state index in [9.17, 15) is 0 Å². The Morgan fingerprint density at radius 1 is 1.16 bits per heavy atom. The van der Waals surface area contributed by atoms with E-state index in [0.29, 0.717) is 18.2 Å². The highest BCUT2D eigenvalue weighted by Gasteiger charge is 2.48. The molecule has 5 atom stereocenters. The van der Waals surface area contributed by atoms with E-state index in [1.165, 1.54) is 45.2 Å². The molecule has 19 heavy (non-hydrogen) atoms. The van der Waals surface area contributed by atoms with E-state index >= 15 is 0 Å². The molecule has 5 unspecified atom stereocenters. The number of hydrogen-bond donors (Lipinski definition) is 1. The molecule has 3 aliphatic heterocycles. The second-order valence-corrected chi connectivity index (χ2v) is 7.54. The molecule has 0 amide bonds. The lowest BCUT2D eigenvalue weighted by Gasteiger charge is -2.47. The van der Waals surface area contributed by atoms with Crippen LogP contribution in [0.2, 0.25) is 0 Å². The highest BCUT2D eigenvalue weighted by Crippen LogP contribution is 2.41. The zero-order valence-electron chi connectivity index (χ0n) is 12.3. The van der Waals surface area contributed by atoms with Crippen LogP contribution in [-0.4, -0.2) is 48.3 Å². The van der Waals surface area contributed by atoms with E-state index in [-0.39, 0.29) is 0 Å². The molecule has 0 aromatic rings. The van der Waals surface area contributed by atoms with Crippen LogP contribution < -0.4 is 5.32 Å². The SMILES string of the molecule is CC(C)C1CNC(C2CC2)CN1C1CC2CCC1O2. The summed E-state index contributed by atoms with van der Waals surface area (Å²) in [5, 5.41) is 3.83. The van der Waals surface area contributed by atoms with Gasteiger partial charge >= 0.3 is 0 Å². The molecule has 0 spiro atoms. The van der Waals surface area contributed by atoms with Gasteiger partial charge < -0.3 is 10.1 Å². The quantitative estimate of drug-likeness (QED) is 0.844. The maximum atomic E-state index is 6.12. The highest BCUT2D eigenvalue weighted by atomic mass is 16.5. The number of ether oxygens (including phenoxy) is 1. The summed E-state index contributed by atoms with van der Waals surface area (Å²) in [6.45, 7) is 7.22. The number of nitrogens with zero attached hydrogens (tertiary/aromatic N) is 1. The first-order valence-corrected chi connectivity index (χ1v) is 8.37. The fourth-order valence-electron chi connectivity index (χ4n) is 4.59. The topological polar surface area (TPSA) is 24.5 Å². The number of rotatable bonds is 3. The molecule has 1 aliphatic carbocycles. The summed E-state index contributed by atoms with van der Waals surface area (Å²) in [5.74, 6) is 1.71. The first-order valence-electron chi connectivity index (χ1n) is 8.37. The van der Waals surface area contributed by atoms with Crippen LogP contribution in [0.25, 0.3) is 0 Å². The van der Waals surface area contributed by atoms with Crippen molar-refractivity contribution in [3.05, 3.63) is 0 Å². The van der Waals surface area contributed by atoms with E-state index in [1.807, 2.05) is 0 Å². The molecule has 3 heteroatoms. The first-order chi connectivity index (χ1) is 9.22. The molecule has 4 fully saturated rings. The van der Waals surface area contributed by atoms with Gasteiger partial charge in [0.05, 0.1) is 12.2 Å². The van der Waals surface area contributed by atoms with Gasteiger partial charge in [-0.05, 0) is 43.9 Å². The molecular formula is C16H28N2O. The van der Waals surface area contributed by atoms with Gasteiger partial charge in [0.2, 0.25) is 0 Å². The fraction of sp³-hybridized carbons (Fsp3) is 1.00. The second kappa shape index (κ2) is 4.71. The van der Waals surface area contributed by atoms with Crippen molar-refractivity contribution < 1.29 is 4.74 Å². The van der Waals surface area contributed by atoms with Crippen LogP contribution in [0.15, 0.2) is 0 Å². The van der Waals surface area contributed by atoms with E-state index < -0.39 is 0 Å². The Morgan fingerprint density at radius 3 is 2.58 bits per heavy atom. The minimum absolute atomic E-state index is 0.546. The monoisotopic (exact) mass is 264 g/mol. The predicted molar refractivity (Wildman–Crippen MR) is 76.1 cm³/mol. The number of piperazine rings is 1. The van der Waals surface area contributed by atoms with E-state index in [4.69, 9.17) is 4.74 Å². The Labute approximate surface area is 117 Å². The summed E-state index contributed by atoms with van der Waals surface area (Å²) in [4.78, 5) is 2.84. The van der Waals surface area contributed by atoms with Crippen molar-refractivity contribution >= 4 is 0 Å². The maximum absolute atomic E-state index is 6.12. The summed E-state index contributed by atoms with van der Waals surface area (Å²) >= 11 is 0. The summed E-state index contributed by atoms with van der Waals surface area (Å²) in [7, 11) is 0. The van der Waals surface area contributed by atoms with Crippen molar-refractivity contribution in [2.75, 3.05) is 13.1 Å². The molecule has 1 saturated carbocycles. The van der Waals surface area contributed by atoms with Gasteiger partial charge in [0.1, 0.15) is 0 Å². The molecule has 0 aromatic heterocycles. The highest BCUT2D eigenvalue weighted by molar-refractivity contribution is 5.02. The number of nitrogens with one attached hydrogen (secondary N) is 1. The molecule has 108 valence electrons. The van der Waals surface area contributed by atoms with Crippen molar-refractivity contribution in [1.29, 1.82) is 0 Å². The number of fused-ring (bicyclic) bond motifs is 2. The fourth-order valence-corrected chi connectivity index (χ4v) is 4.59. The maximum Gasteiger partial charge on any atom is 0.0736 e. The summed E-state index contributed by atoms with van der Waals surface area (Å²) < 4.78 is 6.12. The summed E-state index contributed by atoms with van der Waals surface area (Å²) in [5.41, 5.74) is 0. The average Bonchev–Trinajstić information content (AvgIpc) is 3.06. The molecule has 2 bridgehead atoms. The van der Waals surface area contributed by atoms with Gasteiger partial charge in [-0.15, -0.1) is 0 Å².